The van der Waals surface area contributed by atoms with Gasteiger partial charge in [0.25, 0.3) is 0 Å². The molecule has 0 bridgehead atoms. The quantitative estimate of drug-likeness (QED) is 0.897. The smallest absolute Gasteiger partial charge is 0.227 e. The topological polar surface area (TPSA) is 64.2 Å². The van der Waals surface area contributed by atoms with E-state index in [0.717, 1.165) is 11.4 Å². The number of carbonyl (C=O) groups is 1. The van der Waals surface area contributed by atoms with E-state index in [4.69, 9.17) is 5.73 Å². The van der Waals surface area contributed by atoms with E-state index >= 15 is 0 Å². The Morgan fingerprint density at radius 1 is 1.37 bits per heavy atom. The fourth-order valence-corrected chi connectivity index (χ4v) is 2.42. The van der Waals surface area contributed by atoms with Gasteiger partial charge in [0, 0.05) is 36.7 Å². The molecule has 1 aromatic heterocycles. The zero-order chi connectivity index (χ0) is 13.2. The number of rotatable bonds is 3. The van der Waals surface area contributed by atoms with Crippen molar-refractivity contribution >= 4 is 11.6 Å². The lowest BCUT2D eigenvalue weighted by molar-refractivity contribution is -0.117. The molecule has 2 N–H and O–H groups in total. The third kappa shape index (κ3) is 2.24. The predicted molar refractivity (Wildman–Crippen MR) is 73.1 cm³/mol. The fourth-order valence-electron chi connectivity index (χ4n) is 2.42. The number of anilines is 1. The van der Waals surface area contributed by atoms with E-state index in [2.05, 4.69) is 4.98 Å². The van der Waals surface area contributed by atoms with Crippen LogP contribution in [0.5, 0.6) is 0 Å². The summed E-state index contributed by atoms with van der Waals surface area (Å²) >= 11 is 0. The lowest BCUT2D eigenvalue weighted by Gasteiger charge is -2.17. The first-order valence-corrected chi connectivity index (χ1v) is 6.37. The number of carbonyl (C=O) groups excluding carboxylic acids is 1. The van der Waals surface area contributed by atoms with Crippen molar-refractivity contribution in [3.05, 3.63) is 43.0 Å². The Morgan fingerprint density at radius 3 is 2.89 bits per heavy atom. The maximum atomic E-state index is 12.0. The molecule has 2 aromatic rings. The van der Waals surface area contributed by atoms with E-state index in [0.29, 0.717) is 19.5 Å². The molecule has 0 spiro atoms. The van der Waals surface area contributed by atoms with Gasteiger partial charge >= 0.3 is 0 Å². The SMILES string of the molecule is NCC1CC(=O)N(c2cccc(-n3ccnc3)c2)C1. The molecule has 98 valence electrons. The van der Waals surface area contributed by atoms with Crippen LogP contribution >= 0.6 is 0 Å². The van der Waals surface area contributed by atoms with E-state index in [1.54, 1.807) is 12.5 Å². The summed E-state index contributed by atoms with van der Waals surface area (Å²) in [5.74, 6) is 0.419. The first-order valence-electron chi connectivity index (χ1n) is 6.37. The zero-order valence-electron chi connectivity index (χ0n) is 10.6. The monoisotopic (exact) mass is 256 g/mol. The second-order valence-electron chi connectivity index (χ2n) is 4.80. The summed E-state index contributed by atoms with van der Waals surface area (Å²) in [5, 5.41) is 0. The van der Waals surface area contributed by atoms with Gasteiger partial charge in [-0.05, 0) is 30.7 Å². The molecular weight excluding hydrogens is 240 g/mol. The first-order chi connectivity index (χ1) is 9.28. The molecule has 1 aromatic carbocycles. The van der Waals surface area contributed by atoms with Crippen LogP contribution < -0.4 is 10.6 Å². The minimum atomic E-state index is 0.151. The molecule has 1 unspecified atom stereocenters. The molecule has 0 aliphatic carbocycles. The highest BCUT2D eigenvalue weighted by Crippen LogP contribution is 2.26. The third-order valence-electron chi connectivity index (χ3n) is 3.48. The number of nitrogens with zero attached hydrogens (tertiary/aromatic N) is 3. The van der Waals surface area contributed by atoms with Gasteiger partial charge in [-0.3, -0.25) is 4.79 Å². The summed E-state index contributed by atoms with van der Waals surface area (Å²) in [6.07, 6.45) is 5.91. The average molecular weight is 256 g/mol. The molecule has 2 heterocycles. The molecule has 5 nitrogen and oxygen atoms in total. The molecule has 1 saturated heterocycles. The van der Waals surface area contributed by atoms with Gasteiger partial charge in [-0.15, -0.1) is 0 Å². The highest BCUT2D eigenvalue weighted by atomic mass is 16.2. The standard InChI is InChI=1S/C14H16N4O/c15-8-11-6-14(19)18(9-11)13-3-1-2-12(7-13)17-5-4-16-10-17/h1-5,7,10-11H,6,8-9,15H2. The van der Waals surface area contributed by atoms with Crippen LogP contribution in [0.1, 0.15) is 6.42 Å². The van der Waals surface area contributed by atoms with Crippen LogP contribution in [0.4, 0.5) is 5.69 Å². The Balaban J connectivity index is 1.90. The summed E-state index contributed by atoms with van der Waals surface area (Å²) < 4.78 is 1.92. The van der Waals surface area contributed by atoms with Crippen molar-refractivity contribution in [3.8, 4) is 5.69 Å². The maximum absolute atomic E-state index is 12.0. The van der Waals surface area contributed by atoms with E-state index < -0.39 is 0 Å². The number of hydrogen-bond acceptors (Lipinski definition) is 3. The highest BCUT2D eigenvalue weighted by molar-refractivity contribution is 5.96. The van der Waals surface area contributed by atoms with Crippen LogP contribution in [0, 0.1) is 5.92 Å². The van der Waals surface area contributed by atoms with Crippen molar-refractivity contribution in [2.24, 2.45) is 11.7 Å². The van der Waals surface area contributed by atoms with Crippen LogP contribution in [-0.2, 0) is 4.79 Å². The summed E-state index contributed by atoms with van der Waals surface area (Å²) in [5.41, 5.74) is 7.57. The van der Waals surface area contributed by atoms with Crippen LogP contribution in [-0.4, -0.2) is 28.5 Å². The molecule has 1 fully saturated rings. The Labute approximate surface area is 111 Å². The van der Waals surface area contributed by atoms with Crippen LogP contribution in [0.3, 0.4) is 0 Å². The van der Waals surface area contributed by atoms with Gasteiger partial charge in [0.15, 0.2) is 0 Å². The zero-order valence-corrected chi connectivity index (χ0v) is 10.6. The van der Waals surface area contributed by atoms with Gasteiger partial charge in [0.05, 0.1) is 6.33 Å². The molecule has 1 aliphatic heterocycles. The van der Waals surface area contributed by atoms with E-state index in [1.165, 1.54) is 0 Å². The van der Waals surface area contributed by atoms with Crippen molar-refractivity contribution < 1.29 is 4.79 Å². The Kier molecular flexibility index (Phi) is 3.05. The molecule has 1 aliphatic rings. The fraction of sp³-hybridized carbons (Fsp3) is 0.286. The van der Waals surface area contributed by atoms with E-state index in [1.807, 2.05) is 39.9 Å². The van der Waals surface area contributed by atoms with E-state index in [9.17, 15) is 4.79 Å². The second-order valence-corrected chi connectivity index (χ2v) is 4.80. The molecule has 0 saturated carbocycles. The van der Waals surface area contributed by atoms with Gasteiger partial charge in [-0.1, -0.05) is 6.07 Å². The third-order valence-corrected chi connectivity index (χ3v) is 3.48. The summed E-state index contributed by atoms with van der Waals surface area (Å²) in [4.78, 5) is 17.8. The van der Waals surface area contributed by atoms with Gasteiger partial charge in [-0.25, -0.2) is 4.98 Å². The molecule has 1 amide bonds. The van der Waals surface area contributed by atoms with E-state index in [-0.39, 0.29) is 11.8 Å². The lowest BCUT2D eigenvalue weighted by Crippen LogP contribution is -2.25. The molecule has 1 atom stereocenters. The number of aromatic nitrogens is 2. The van der Waals surface area contributed by atoms with Crippen molar-refractivity contribution in [1.29, 1.82) is 0 Å². The summed E-state index contributed by atoms with van der Waals surface area (Å²) in [6.45, 7) is 1.27. The van der Waals surface area contributed by atoms with Gasteiger partial charge < -0.3 is 15.2 Å². The number of nitrogens with two attached hydrogens (primary N) is 1. The number of benzene rings is 1. The number of hydrogen-bond donors (Lipinski definition) is 1. The van der Waals surface area contributed by atoms with Gasteiger partial charge in [-0.2, -0.15) is 0 Å². The normalized spacial score (nSPS) is 19.1. The van der Waals surface area contributed by atoms with Gasteiger partial charge in [0.1, 0.15) is 0 Å². The van der Waals surface area contributed by atoms with Crippen molar-refractivity contribution in [3.63, 3.8) is 0 Å². The number of amides is 1. The lowest BCUT2D eigenvalue weighted by atomic mass is 10.1. The minimum Gasteiger partial charge on any atom is -0.330 e. The van der Waals surface area contributed by atoms with Crippen molar-refractivity contribution in [1.82, 2.24) is 9.55 Å². The average Bonchev–Trinajstić information content (AvgIpc) is 3.08. The number of imidazole rings is 1. The highest BCUT2D eigenvalue weighted by Gasteiger charge is 2.29. The van der Waals surface area contributed by atoms with Crippen LogP contribution in [0.2, 0.25) is 0 Å². The first kappa shape index (κ1) is 11.9. The van der Waals surface area contributed by atoms with Crippen LogP contribution in [0.15, 0.2) is 43.0 Å². The van der Waals surface area contributed by atoms with Crippen LogP contribution in [0.25, 0.3) is 5.69 Å². The summed E-state index contributed by atoms with van der Waals surface area (Å²) in [6, 6.07) is 7.90. The Bertz CT molecular complexity index is 579. The summed E-state index contributed by atoms with van der Waals surface area (Å²) in [7, 11) is 0. The molecule has 3 rings (SSSR count). The second kappa shape index (κ2) is 4.85. The maximum Gasteiger partial charge on any atom is 0.227 e. The Morgan fingerprint density at radius 2 is 2.21 bits per heavy atom. The largest absolute Gasteiger partial charge is 0.330 e. The molecular formula is C14H16N4O. The van der Waals surface area contributed by atoms with Gasteiger partial charge in [0.2, 0.25) is 5.91 Å². The Hall–Kier alpha value is -2.14. The van der Waals surface area contributed by atoms with Crippen molar-refractivity contribution in [2.75, 3.05) is 18.0 Å². The molecule has 19 heavy (non-hydrogen) atoms. The minimum absolute atomic E-state index is 0.151. The molecule has 0 radical (unpaired) electrons. The van der Waals surface area contributed by atoms with Crippen molar-refractivity contribution in [2.45, 2.75) is 6.42 Å². The predicted octanol–water partition coefficient (Wildman–Crippen LogP) is 1.18. The molecule has 5 heteroatoms.